The largest absolute Gasteiger partial charge is 0.495 e. The van der Waals surface area contributed by atoms with Crippen LogP contribution in [0.1, 0.15) is 55.5 Å². The molecule has 1 N–H and O–H groups in total. The monoisotopic (exact) mass is 492 g/mol. The minimum absolute atomic E-state index is 0.0828. The van der Waals surface area contributed by atoms with E-state index in [1.807, 2.05) is 0 Å². The van der Waals surface area contributed by atoms with E-state index in [-0.39, 0.29) is 28.0 Å². The SMILES string of the molecule is COc1ccc(C(=O)N(C)[C@]2(c3ccccc3Cl)CCCCC2=O)cc1S(=O)(=O)NC(C)C. The average Bonchev–Trinajstić information content (AvgIpc) is 2.78. The van der Waals surface area contributed by atoms with Crippen LogP contribution in [-0.4, -0.2) is 45.2 Å². The van der Waals surface area contributed by atoms with E-state index < -0.39 is 21.5 Å². The van der Waals surface area contributed by atoms with E-state index in [1.165, 1.54) is 30.2 Å². The van der Waals surface area contributed by atoms with Crippen molar-refractivity contribution in [1.29, 1.82) is 0 Å². The van der Waals surface area contributed by atoms with E-state index in [0.29, 0.717) is 23.4 Å². The van der Waals surface area contributed by atoms with E-state index >= 15 is 0 Å². The molecule has 0 bridgehead atoms. The molecule has 1 aliphatic carbocycles. The smallest absolute Gasteiger partial charge is 0.254 e. The highest BCUT2D eigenvalue weighted by atomic mass is 35.5. The summed E-state index contributed by atoms with van der Waals surface area (Å²) in [4.78, 5) is 28.2. The number of methoxy groups -OCH3 is 1. The normalized spacial score (nSPS) is 18.9. The number of carbonyl (C=O) groups is 2. The lowest BCUT2D eigenvalue weighted by Gasteiger charge is -2.44. The molecule has 1 atom stereocenters. The molecule has 1 fully saturated rings. The molecule has 0 heterocycles. The van der Waals surface area contributed by atoms with Gasteiger partial charge in [-0.1, -0.05) is 29.8 Å². The molecule has 0 unspecified atom stereocenters. The molecule has 1 aliphatic rings. The van der Waals surface area contributed by atoms with E-state index in [1.54, 1.807) is 45.2 Å². The standard InChI is InChI=1S/C24H29ClN2O5S/c1-16(2)26-33(30,31)21-15-17(12-13-20(21)32-4)23(29)27(3)24(14-8-7-11-22(24)28)18-9-5-6-10-19(18)25/h5-6,9-10,12-13,15-16,26H,7-8,11,14H2,1-4H3/t24-/m0/s1. The second-order valence-electron chi connectivity index (χ2n) is 8.48. The third-order valence-electron chi connectivity index (χ3n) is 5.94. The number of ketones is 1. The molecule has 9 heteroatoms. The van der Waals surface area contributed by atoms with Crippen LogP contribution in [0, 0.1) is 0 Å². The van der Waals surface area contributed by atoms with Crippen molar-refractivity contribution in [3.05, 3.63) is 58.6 Å². The highest BCUT2D eigenvalue weighted by Crippen LogP contribution is 2.43. The third kappa shape index (κ3) is 4.78. The maximum atomic E-state index is 13.7. The molecule has 0 radical (unpaired) electrons. The lowest BCUT2D eigenvalue weighted by molar-refractivity contribution is -0.132. The molecule has 2 aromatic carbocycles. The number of halogens is 1. The fraction of sp³-hybridized carbons (Fsp3) is 0.417. The minimum atomic E-state index is -3.93. The lowest BCUT2D eigenvalue weighted by Crippen LogP contribution is -2.54. The number of hydrogen-bond donors (Lipinski definition) is 1. The van der Waals surface area contributed by atoms with Gasteiger partial charge in [0.2, 0.25) is 10.0 Å². The highest BCUT2D eigenvalue weighted by molar-refractivity contribution is 7.89. The first-order valence-corrected chi connectivity index (χ1v) is 12.7. The Hall–Kier alpha value is -2.42. The van der Waals surface area contributed by atoms with Gasteiger partial charge in [-0.25, -0.2) is 13.1 Å². The summed E-state index contributed by atoms with van der Waals surface area (Å²) in [6.45, 7) is 3.41. The summed E-state index contributed by atoms with van der Waals surface area (Å²) in [5, 5.41) is 0.409. The zero-order chi connectivity index (χ0) is 24.4. The van der Waals surface area contributed by atoms with E-state index in [4.69, 9.17) is 16.3 Å². The molecule has 0 aromatic heterocycles. The van der Waals surface area contributed by atoms with Crippen molar-refractivity contribution >= 4 is 33.3 Å². The first-order chi connectivity index (χ1) is 15.5. The molecule has 1 saturated carbocycles. The summed E-state index contributed by atoms with van der Waals surface area (Å²) in [5.41, 5.74) is -0.509. The van der Waals surface area contributed by atoms with Crippen LogP contribution in [0.25, 0.3) is 0 Å². The van der Waals surface area contributed by atoms with Crippen LogP contribution in [0.4, 0.5) is 0 Å². The number of amides is 1. The van der Waals surface area contributed by atoms with Gasteiger partial charge in [-0.2, -0.15) is 0 Å². The molecular weight excluding hydrogens is 464 g/mol. The van der Waals surface area contributed by atoms with Crippen LogP contribution in [-0.2, 0) is 20.4 Å². The van der Waals surface area contributed by atoms with Crippen molar-refractivity contribution < 1.29 is 22.7 Å². The molecule has 33 heavy (non-hydrogen) atoms. The Balaban J connectivity index is 2.11. The maximum absolute atomic E-state index is 13.7. The molecule has 178 valence electrons. The quantitative estimate of drug-likeness (QED) is 0.626. The molecule has 3 rings (SSSR count). The summed E-state index contributed by atoms with van der Waals surface area (Å²) in [6, 6.07) is 10.9. The number of nitrogens with zero attached hydrogens (tertiary/aromatic N) is 1. The second kappa shape index (κ2) is 9.83. The third-order valence-corrected chi connectivity index (χ3v) is 7.95. The number of Topliss-reactive ketones (excluding diaryl/α,β-unsaturated/α-hetero) is 1. The molecular formula is C24H29ClN2O5S. The number of hydrogen-bond acceptors (Lipinski definition) is 5. The summed E-state index contributed by atoms with van der Waals surface area (Å²) in [7, 11) is -0.993. The molecule has 1 amide bonds. The van der Waals surface area contributed by atoms with Crippen molar-refractivity contribution in [2.24, 2.45) is 0 Å². The zero-order valence-electron chi connectivity index (χ0n) is 19.2. The Morgan fingerprint density at radius 1 is 1.18 bits per heavy atom. The van der Waals surface area contributed by atoms with E-state index in [2.05, 4.69) is 4.72 Å². The van der Waals surface area contributed by atoms with Crippen molar-refractivity contribution in [2.75, 3.05) is 14.2 Å². The molecule has 0 spiro atoms. The number of carbonyl (C=O) groups excluding carboxylic acids is 2. The summed E-state index contributed by atoms with van der Waals surface area (Å²) < 4.78 is 33.5. The first-order valence-electron chi connectivity index (χ1n) is 10.8. The van der Waals surface area contributed by atoms with Gasteiger partial charge in [0.15, 0.2) is 5.78 Å². The predicted octanol–water partition coefficient (Wildman–Crippen LogP) is 4.15. The van der Waals surface area contributed by atoms with Gasteiger partial charge in [0.05, 0.1) is 7.11 Å². The van der Waals surface area contributed by atoms with Gasteiger partial charge in [0.25, 0.3) is 5.91 Å². The number of rotatable bonds is 7. The Kier molecular flexibility index (Phi) is 7.51. The number of benzene rings is 2. The van der Waals surface area contributed by atoms with Crippen LogP contribution in [0.3, 0.4) is 0 Å². The summed E-state index contributed by atoms with van der Waals surface area (Å²) in [5.74, 6) is -0.439. The Bertz CT molecular complexity index is 1170. The van der Waals surface area contributed by atoms with Crippen LogP contribution in [0.2, 0.25) is 5.02 Å². The van der Waals surface area contributed by atoms with Gasteiger partial charge in [-0.05, 0) is 57.4 Å². The first kappa shape index (κ1) is 25.2. The molecule has 0 aliphatic heterocycles. The number of ether oxygens (including phenoxy) is 1. The Morgan fingerprint density at radius 3 is 2.48 bits per heavy atom. The van der Waals surface area contributed by atoms with Crippen LogP contribution in [0.15, 0.2) is 47.4 Å². The minimum Gasteiger partial charge on any atom is -0.495 e. The van der Waals surface area contributed by atoms with Crippen LogP contribution >= 0.6 is 11.6 Å². The van der Waals surface area contributed by atoms with E-state index in [9.17, 15) is 18.0 Å². The average molecular weight is 493 g/mol. The fourth-order valence-electron chi connectivity index (χ4n) is 4.39. The number of likely N-dealkylation sites (N-methyl/N-ethyl adjacent to an activating group) is 1. The van der Waals surface area contributed by atoms with Crippen molar-refractivity contribution in [3.63, 3.8) is 0 Å². The van der Waals surface area contributed by atoms with Crippen LogP contribution < -0.4 is 9.46 Å². The number of nitrogens with one attached hydrogen (secondary N) is 1. The van der Waals surface area contributed by atoms with Gasteiger partial charge in [0, 0.05) is 35.7 Å². The Labute approximate surface area is 200 Å². The van der Waals surface area contributed by atoms with Gasteiger partial charge in [-0.3, -0.25) is 9.59 Å². The predicted molar refractivity (Wildman–Crippen MR) is 127 cm³/mol. The van der Waals surface area contributed by atoms with Crippen LogP contribution in [0.5, 0.6) is 5.75 Å². The molecule has 7 nitrogen and oxygen atoms in total. The van der Waals surface area contributed by atoms with Gasteiger partial charge in [-0.15, -0.1) is 0 Å². The van der Waals surface area contributed by atoms with Crippen molar-refractivity contribution in [2.45, 2.75) is 56.0 Å². The topological polar surface area (TPSA) is 92.8 Å². The van der Waals surface area contributed by atoms with E-state index in [0.717, 1.165) is 12.8 Å². The van der Waals surface area contributed by atoms with Crippen molar-refractivity contribution in [1.82, 2.24) is 9.62 Å². The summed E-state index contributed by atoms with van der Waals surface area (Å²) in [6.07, 6.45) is 2.28. The second-order valence-corrected chi connectivity index (χ2v) is 10.6. The fourth-order valence-corrected chi connectivity index (χ4v) is 6.13. The molecule has 0 saturated heterocycles. The zero-order valence-corrected chi connectivity index (χ0v) is 20.8. The van der Waals surface area contributed by atoms with Gasteiger partial charge >= 0.3 is 0 Å². The summed E-state index contributed by atoms with van der Waals surface area (Å²) >= 11 is 6.49. The van der Waals surface area contributed by atoms with Gasteiger partial charge in [0.1, 0.15) is 16.2 Å². The van der Waals surface area contributed by atoms with Gasteiger partial charge < -0.3 is 9.64 Å². The molecule has 2 aromatic rings. The highest BCUT2D eigenvalue weighted by Gasteiger charge is 2.48. The number of sulfonamides is 1. The maximum Gasteiger partial charge on any atom is 0.254 e. The lowest BCUT2D eigenvalue weighted by atomic mass is 9.74. The van der Waals surface area contributed by atoms with Crippen molar-refractivity contribution in [3.8, 4) is 5.75 Å². The Morgan fingerprint density at radius 2 is 1.88 bits per heavy atom.